The van der Waals surface area contributed by atoms with Crippen LogP contribution in [0.4, 0.5) is 0 Å². The van der Waals surface area contributed by atoms with Gasteiger partial charge in [-0.3, -0.25) is 14.4 Å². The number of carboxylic acids is 1. The number of carbonyl (C=O) groups is 3. The molecule has 1 aliphatic heterocycles. The molecular formula is C17H19N3O7S. The summed E-state index contributed by atoms with van der Waals surface area (Å²) in [5.74, 6) is -0.898. The fraction of sp³-hybridized carbons (Fsp3) is 0.353. The van der Waals surface area contributed by atoms with Crippen molar-refractivity contribution in [2.45, 2.75) is 18.6 Å². The molecule has 150 valence electrons. The molecular weight excluding hydrogens is 390 g/mol. The van der Waals surface area contributed by atoms with Gasteiger partial charge in [0, 0.05) is 6.92 Å². The van der Waals surface area contributed by atoms with Crippen LogP contribution < -0.4 is 14.8 Å². The van der Waals surface area contributed by atoms with Gasteiger partial charge in [-0.2, -0.15) is 5.10 Å². The van der Waals surface area contributed by atoms with Crippen molar-refractivity contribution in [3.8, 4) is 11.5 Å². The minimum atomic E-state index is -1.06. The lowest BCUT2D eigenvalue weighted by Crippen LogP contribution is -2.26. The highest BCUT2D eigenvalue weighted by molar-refractivity contribution is 8.15. The number of ether oxygens (including phenoxy) is 3. The molecule has 1 aliphatic rings. The van der Waals surface area contributed by atoms with E-state index in [1.54, 1.807) is 18.2 Å². The van der Waals surface area contributed by atoms with E-state index in [-0.39, 0.29) is 30.8 Å². The number of hydrogen-bond acceptors (Lipinski definition) is 9. The SMILES string of the molecule is COc1cc(C=NN=C2NC(=O)C(CC(=O)O)S2)ccc1OCCOC(C)=O. The van der Waals surface area contributed by atoms with Crippen molar-refractivity contribution in [3.63, 3.8) is 0 Å². The minimum Gasteiger partial charge on any atom is -0.493 e. The third-order valence-corrected chi connectivity index (χ3v) is 4.40. The summed E-state index contributed by atoms with van der Waals surface area (Å²) in [4.78, 5) is 33.1. The predicted octanol–water partition coefficient (Wildman–Crippen LogP) is 1.03. The van der Waals surface area contributed by atoms with Gasteiger partial charge in [0.25, 0.3) is 0 Å². The summed E-state index contributed by atoms with van der Waals surface area (Å²) >= 11 is 1.02. The molecule has 0 bridgehead atoms. The molecule has 11 heteroatoms. The number of carbonyl (C=O) groups excluding carboxylic acids is 2. The topological polar surface area (TPSA) is 136 Å². The smallest absolute Gasteiger partial charge is 0.305 e. The predicted molar refractivity (Wildman–Crippen MR) is 102 cm³/mol. The molecule has 0 aliphatic carbocycles. The zero-order valence-electron chi connectivity index (χ0n) is 15.2. The Bertz CT molecular complexity index is 810. The second-order valence-electron chi connectivity index (χ2n) is 5.44. The van der Waals surface area contributed by atoms with Crippen LogP contribution in [0.1, 0.15) is 18.9 Å². The monoisotopic (exact) mass is 409 g/mol. The largest absolute Gasteiger partial charge is 0.493 e. The summed E-state index contributed by atoms with van der Waals surface area (Å²) in [6, 6.07) is 5.08. The van der Waals surface area contributed by atoms with Crippen LogP contribution in [0.2, 0.25) is 0 Å². The van der Waals surface area contributed by atoms with E-state index in [1.807, 2.05) is 0 Å². The lowest BCUT2D eigenvalue weighted by atomic mass is 10.2. The van der Waals surface area contributed by atoms with E-state index in [2.05, 4.69) is 15.5 Å². The van der Waals surface area contributed by atoms with Crippen molar-refractivity contribution >= 4 is 41.0 Å². The Labute approximate surface area is 164 Å². The number of aliphatic carboxylic acids is 1. The number of hydrogen-bond donors (Lipinski definition) is 2. The average Bonchev–Trinajstić information content (AvgIpc) is 2.98. The summed E-state index contributed by atoms with van der Waals surface area (Å²) in [6.45, 7) is 1.64. The fourth-order valence-corrected chi connectivity index (χ4v) is 3.03. The number of benzene rings is 1. The van der Waals surface area contributed by atoms with E-state index in [4.69, 9.17) is 19.3 Å². The average molecular weight is 409 g/mol. The number of methoxy groups -OCH3 is 1. The van der Waals surface area contributed by atoms with Gasteiger partial charge in [-0.25, -0.2) is 0 Å². The standard InChI is InChI=1S/C17H19N3O7S/c1-10(21)26-5-6-27-12-4-3-11(7-13(12)25-2)9-18-20-17-19-16(24)14(28-17)8-15(22)23/h3-4,7,9,14H,5-6,8H2,1-2H3,(H,22,23)(H,19,20,24). The molecule has 2 N–H and O–H groups in total. The maximum atomic E-state index is 11.6. The molecule has 1 atom stereocenters. The molecule has 1 aromatic carbocycles. The number of nitrogens with one attached hydrogen (secondary N) is 1. The van der Waals surface area contributed by atoms with Gasteiger partial charge in [0.1, 0.15) is 18.5 Å². The molecule has 1 heterocycles. The van der Waals surface area contributed by atoms with Gasteiger partial charge in [-0.1, -0.05) is 11.8 Å². The number of rotatable bonds is 9. The van der Waals surface area contributed by atoms with Crippen LogP contribution in [0.5, 0.6) is 11.5 Å². The Morgan fingerprint density at radius 3 is 2.79 bits per heavy atom. The maximum Gasteiger partial charge on any atom is 0.305 e. The number of amidine groups is 1. The van der Waals surface area contributed by atoms with E-state index in [1.165, 1.54) is 20.2 Å². The van der Waals surface area contributed by atoms with E-state index >= 15 is 0 Å². The highest BCUT2D eigenvalue weighted by Gasteiger charge is 2.32. The molecule has 10 nitrogen and oxygen atoms in total. The number of thioether (sulfide) groups is 1. The molecule has 1 unspecified atom stereocenters. The number of amides is 1. The van der Waals surface area contributed by atoms with Crippen molar-refractivity contribution < 1.29 is 33.7 Å². The van der Waals surface area contributed by atoms with E-state index < -0.39 is 17.1 Å². The number of carboxylic acid groups (broad SMARTS) is 1. The molecule has 2 rings (SSSR count). The second-order valence-corrected chi connectivity index (χ2v) is 6.63. The normalized spacial score (nSPS) is 17.6. The van der Waals surface area contributed by atoms with Gasteiger partial charge in [0.2, 0.25) is 5.91 Å². The Balaban J connectivity index is 1.95. The molecule has 28 heavy (non-hydrogen) atoms. The first-order chi connectivity index (χ1) is 13.4. The lowest BCUT2D eigenvalue weighted by molar-refractivity contribution is -0.141. The summed E-state index contributed by atoms with van der Waals surface area (Å²) in [5, 5.41) is 18.6. The minimum absolute atomic E-state index is 0.130. The fourth-order valence-electron chi connectivity index (χ4n) is 2.11. The van der Waals surface area contributed by atoms with Gasteiger partial charge in [-0.05, 0) is 23.8 Å². The maximum absolute atomic E-state index is 11.6. The summed E-state index contributed by atoms with van der Waals surface area (Å²) in [5.41, 5.74) is 0.671. The Morgan fingerprint density at radius 1 is 1.32 bits per heavy atom. The molecule has 1 saturated heterocycles. The Morgan fingerprint density at radius 2 is 2.11 bits per heavy atom. The van der Waals surface area contributed by atoms with Crippen LogP contribution >= 0.6 is 11.8 Å². The summed E-state index contributed by atoms with van der Waals surface area (Å²) in [6.07, 6.45) is 1.17. The highest BCUT2D eigenvalue weighted by Crippen LogP contribution is 2.27. The Kier molecular flexibility index (Phi) is 7.81. The van der Waals surface area contributed by atoms with Gasteiger partial charge >= 0.3 is 11.9 Å². The van der Waals surface area contributed by atoms with E-state index in [0.717, 1.165) is 11.8 Å². The summed E-state index contributed by atoms with van der Waals surface area (Å²) in [7, 11) is 1.49. The number of nitrogens with zero attached hydrogens (tertiary/aromatic N) is 2. The van der Waals surface area contributed by atoms with Crippen molar-refractivity contribution in [1.82, 2.24) is 5.32 Å². The van der Waals surface area contributed by atoms with Crippen LogP contribution in [0.25, 0.3) is 0 Å². The first-order valence-electron chi connectivity index (χ1n) is 8.13. The second kappa shape index (κ2) is 10.3. The number of esters is 1. The molecule has 0 spiro atoms. The molecule has 0 saturated carbocycles. The molecule has 0 radical (unpaired) electrons. The van der Waals surface area contributed by atoms with Crippen LogP contribution in [0, 0.1) is 0 Å². The molecule has 1 fully saturated rings. The Hall–Kier alpha value is -3.08. The van der Waals surface area contributed by atoms with Crippen molar-refractivity contribution in [3.05, 3.63) is 23.8 Å². The van der Waals surface area contributed by atoms with Crippen LogP contribution in [0.15, 0.2) is 28.4 Å². The van der Waals surface area contributed by atoms with Gasteiger partial charge in [-0.15, -0.1) is 5.10 Å². The zero-order valence-corrected chi connectivity index (χ0v) is 16.0. The van der Waals surface area contributed by atoms with Crippen LogP contribution in [-0.2, 0) is 19.1 Å². The van der Waals surface area contributed by atoms with Gasteiger partial charge in [0.05, 0.1) is 19.7 Å². The third-order valence-electron chi connectivity index (χ3n) is 3.33. The van der Waals surface area contributed by atoms with Gasteiger partial charge < -0.3 is 24.6 Å². The first-order valence-corrected chi connectivity index (χ1v) is 9.01. The quantitative estimate of drug-likeness (QED) is 0.267. The van der Waals surface area contributed by atoms with Crippen LogP contribution in [-0.4, -0.2) is 59.9 Å². The zero-order chi connectivity index (χ0) is 20.5. The van der Waals surface area contributed by atoms with E-state index in [9.17, 15) is 14.4 Å². The molecule has 0 aromatic heterocycles. The van der Waals surface area contributed by atoms with Crippen molar-refractivity contribution in [1.29, 1.82) is 0 Å². The molecule has 1 amide bonds. The van der Waals surface area contributed by atoms with Gasteiger partial charge in [0.15, 0.2) is 16.7 Å². The molecule has 1 aromatic rings. The van der Waals surface area contributed by atoms with Crippen LogP contribution in [0.3, 0.4) is 0 Å². The highest BCUT2D eigenvalue weighted by atomic mass is 32.2. The third kappa shape index (κ3) is 6.58. The van der Waals surface area contributed by atoms with Crippen molar-refractivity contribution in [2.75, 3.05) is 20.3 Å². The lowest BCUT2D eigenvalue weighted by Gasteiger charge is -2.11. The summed E-state index contributed by atoms with van der Waals surface area (Å²) < 4.78 is 15.6. The van der Waals surface area contributed by atoms with E-state index in [0.29, 0.717) is 17.1 Å². The first kappa shape index (κ1) is 21.2. The van der Waals surface area contributed by atoms with Crippen molar-refractivity contribution in [2.24, 2.45) is 10.2 Å².